The van der Waals surface area contributed by atoms with Crippen LogP contribution in [0.15, 0.2) is 53.0 Å². The maximum Gasteiger partial charge on any atom is 0.224 e. The third-order valence-electron chi connectivity index (χ3n) is 2.98. The summed E-state index contributed by atoms with van der Waals surface area (Å²) in [6.07, 6.45) is 1.08. The summed E-state index contributed by atoms with van der Waals surface area (Å²) in [5.74, 6) is 1.55. The number of carbonyl (C=O) groups is 1. The molecule has 0 bridgehead atoms. The summed E-state index contributed by atoms with van der Waals surface area (Å²) in [7, 11) is 1.62. The summed E-state index contributed by atoms with van der Waals surface area (Å²) in [6, 6.07) is 14.9. The van der Waals surface area contributed by atoms with Crippen molar-refractivity contribution in [3.05, 3.63) is 53.0 Å². The first-order valence-corrected chi connectivity index (χ1v) is 7.79. The number of hydrogen-bond acceptors (Lipinski definition) is 3. The van der Waals surface area contributed by atoms with Gasteiger partial charge in [0, 0.05) is 16.6 Å². The molecule has 4 nitrogen and oxygen atoms in total. The van der Waals surface area contributed by atoms with Crippen molar-refractivity contribution in [2.24, 2.45) is 0 Å². The minimum Gasteiger partial charge on any atom is -0.497 e. The second-order valence-electron chi connectivity index (χ2n) is 4.69. The Bertz CT molecular complexity index is 614. The van der Waals surface area contributed by atoms with Crippen molar-refractivity contribution < 1.29 is 14.3 Å². The summed E-state index contributed by atoms with van der Waals surface area (Å²) in [6.45, 7) is 0.498. The van der Waals surface area contributed by atoms with E-state index >= 15 is 0 Å². The van der Waals surface area contributed by atoms with Gasteiger partial charge in [-0.05, 0) is 48.9 Å². The normalized spacial score (nSPS) is 10.1. The molecule has 0 aliphatic rings. The number of carbonyl (C=O) groups excluding carboxylic acids is 1. The van der Waals surface area contributed by atoms with Gasteiger partial charge in [-0.1, -0.05) is 22.0 Å². The third-order valence-corrected chi connectivity index (χ3v) is 3.48. The van der Waals surface area contributed by atoms with E-state index in [-0.39, 0.29) is 5.91 Å². The first-order valence-electron chi connectivity index (χ1n) is 6.99. The smallest absolute Gasteiger partial charge is 0.224 e. The third kappa shape index (κ3) is 5.41. The lowest BCUT2D eigenvalue weighted by atomic mass is 10.2. The van der Waals surface area contributed by atoms with E-state index in [2.05, 4.69) is 21.2 Å². The molecule has 2 rings (SSSR count). The van der Waals surface area contributed by atoms with Gasteiger partial charge >= 0.3 is 0 Å². The summed E-state index contributed by atoms with van der Waals surface area (Å²) >= 11 is 3.37. The molecule has 0 saturated carbocycles. The van der Waals surface area contributed by atoms with E-state index in [9.17, 15) is 4.79 Å². The molecular formula is C17H18BrNO3. The van der Waals surface area contributed by atoms with Crippen LogP contribution >= 0.6 is 15.9 Å². The number of anilines is 1. The van der Waals surface area contributed by atoms with E-state index < -0.39 is 0 Å². The molecule has 0 saturated heterocycles. The van der Waals surface area contributed by atoms with Crippen molar-refractivity contribution in [1.82, 2.24) is 0 Å². The van der Waals surface area contributed by atoms with Gasteiger partial charge in [-0.25, -0.2) is 0 Å². The van der Waals surface area contributed by atoms with Gasteiger partial charge in [0.25, 0.3) is 0 Å². The fraction of sp³-hybridized carbons (Fsp3) is 0.235. The number of amides is 1. The van der Waals surface area contributed by atoms with E-state index in [1.807, 2.05) is 48.5 Å². The van der Waals surface area contributed by atoms with E-state index in [0.717, 1.165) is 21.7 Å². The van der Waals surface area contributed by atoms with Gasteiger partial charge in [-0.3, -0.25) is 4.79 Å². The zero-order valence-electron chi connectivity index (χ0n) is 12.3. The molecule has 1 amide bonds. The van der Waals surface area contributed by atoms with Crippen molar-refractivity contribution in [1.29, 1.82) is 0 Å². The SMILES string of the molecule is COc1ccc(OCCCC(=O)Nc2cccc(Br)c2)cc1. The van der Waals surface area contributed by atoms with Crippen LogP contribution in [0.4, 0.5) is 5.69 Å². The van der Waals surface area contributed by atoms with Gasteiger partial charge in [0.1, 0.15) is 11.5 Å². The molecule has 0 aliphatic heterocycles. The molecule has 0 spiro atoms. The Hall–Kier alpha value is -2.01. The minimum absolute atomic E-state index is 0.0172. The van der Waals surface area contributed by atoms with Gasteiger partial charge in [0.2, 0.25) is 5.91 Å². The minimum atomic E-state index is -0.0172. The van der Waals surface area contributed by atoms with Crippen molar-refractivity contribution >= 4 is 27.5 Å². The van der Waals surface area contributed by atoms with E-state index in [1.165, 1.54) is 0 Å². The van der Waals surface area contributed by atoms with Gasteiger partial charge in [0.15, 0.2) is 0 Å². The number of halogens is 1. The molecule has 0 fully saturated rings. The molecule has 2 aromatic rings. The Balaban J connectivity index is 1.68. The quantitative estimate of drug-likeness (QED) is 0.747. The molecule has 1 N–H and O–H groups in total. The lowest BCUT2D eigenvalue weighted by Crippen LogP contribution is -2.12. The number of rotatable bonds is 7. The lowest BCUT2D eigenvalue weighted by molar-refractivity contribution is -0.116. The van der Waals surface area contributed by atoms with Crippen LogP contribution in [0.3, 0.4) is 0 Å². The Kier molecular flexibility index (Phi) is 6.27. The molecule has 22 heavy (non-hydrogen) atoms. The molecule has 0 aliphatic carbocycles. The van der Waals surface area contributed by atoms with Gasteiger partial charge < -0.3 is 14.8 Å². The highest BCUT2D eigenvalue weighted by Crippen LogP contribution is 2.18. The number of methoxy groups -OCH3 is 1. The van der Waals surface area contributed by atoms with Crippen molar-refractivity contribution in [3.8, 4) is 11.5 Å². The summed E-state index contributed by atoms with van der Waals surface area (Å²) in [5.41, 5.74) is 0.787. The van der Waals surface area contributed by atoms with Crippen LogP contribution in [0.2, 0.25) is 0 Å². The van der Waals surface area contributed by atoms with Crippen LogP contribution in [0.1, 0.15) is 12.8 Å². The first kappa shape index (κ1) is 16.4. The molecule has 2 aromatic carbocycles. The zero-order chi connectivity index (χ0) is 15.8. The standard InChI is InChI=1S/C17H18BrNO3/c1-21-15-7-9-16(10-8-15)22-11-3-6-17(20)19-14-5-2-4-13(18)12-14/h2,4-5,7-10,12H,3,6,11H2,1H3,(H,19,20). The molecule has 0 radical (unpaired) electrons. The van der Waals surface area contributed by atoms with Gasteiger partial charge in [0.05, 0.1) is 13.7 Å². The van der Waals surface area contributed by atoms with Gasteiger partial charge in [-0.2, -0.15) is 0 Å². The average molecular weight is 364 g/mol. The zero-order valence-corrected chi connectivity index (χ0v) is 13.9. The molecule has 116 valence electrons. The summed E-state index contributed by atoms with van der Waals surface area (Å²) in [5, 5.41) is 2.86. The van der Waals surface area contributed by atoms with E-state index in [4.69, 9.17) is 9.47 Å². The van der Waals surface area contributed by atoms with Gasteiger partial charge in [-0.15, -0.1) is 0 Å². The predicted molar refractivity (Wildman–Crippen MR) is 90.5 cm³/mol. The Morgan fingerprint density at radius 3 is 2.55 bits per heavy atom. The second-order valence-corrected chi connectivity index (χ2v) is 5.60. The highest BCUT2D eigenvalue weighted by atomic mass is 79.9. The predicted octanol–water partition coefficient (Wildman–Crippen LogP) is 4.26. The Labute approximate surface area is 138 Å². The first-order chi connectivity index (χ1) is 10.7. The number of ether oxygens (including phenoxy) is 2. The Morgan fingerprint density at radius 2 is 1.86 bits per heavy atom. The largest absolute Gasteiger partial charge is 0.497 e. The molecule has 0 atom stereocenters. The van der Waals surface area contributed by atoms with E-state index in [1.54, 1.807) is 7.11 Å². The average Bonchev–Trinajstić information content (AvgIpc) is 2.52. The second kappa shape index (κ2) is 8.44. The van der Waals surface area contributed by atoms with Crippen LogP contribution < -0.4 is 14.8 Å². The lowest BCUT2D eigenvalue weighted by Gasteiger charge is -2.08. The fourth-order valence-electron chi connectivity index (χ4n) is 1.88. The highest BCUT2D eigenvalue weighted by molar-refractivity contribution is 9.10. The van der Waals surface area contributed by atoms with Crippen molar-refractivity contribution in [2.45, 2.75) is 12.8 Å². The number of nitrogens with one attached hydrogen (secondary N) is 1. The maximum atomic E-state index is 11.8. The van der Waals surface area contributed by atoms with Crippen LogP contribution in [-0.2, 0) is 4.79 Å². The van der Waals surface area contributed by atoms with Crippen LogP contribution in [0.5, 0.6) is 11.5 Å². The summed E-state index contributed by atoms with van der Waals surface area (Å²) < 4.78 is 11.6. The van der Waals surface area contributed by atoms with E-state index in [0.29, 0.717) is 19.4 Å². The van der Waals surface area contributed by atoms with Crippen LogP contribution in [0.25, 0.3) is 0 Å². The highest BCUT2D eigenvalue weighted by Gasteiger charge is 2.03. The van der Waals surface area contributed by atoms with Crippen LogP contribution in [0, 0.1) is 0 Å². The maximum absolute atomic E-state index is 11.8. The monoisotopic (exact) mass is 363 g/mol. The topological polar surface area (TPSA) is 47.6 Å². The fourth-order valence-corrected chi connectivity index (χ4v) is 2.28. The van der Waals surface area contributed by atoms with Crippen molar-refractivity contribution in [2.75, 3.05) is 19.0 Å². The van der Waals surface area contributed by atoms with Crippen LogP contribution in [-0.4, -0.2) is 19.6 Å². The number of benzene rings is 2. The number of hydrogen-bond donors (Lipinski definition) is 1. The molecule has 0 heterocycles. The van der Waals surface area contributed by atoms with Crippen molar-refractivity contribution in [3.63, 3.8) is 0 Å². The molecular weight excluding hydrogens is 346 g/mol. The molecule has 5 heteroatoms. The molecule has 0 aromatic heterocycles. The Morgan fingerprint density at radius 1 is 1.14 bits per heavy atom. The molecule has 0 unspecified atom stereocenters. The summed E-state index contributed by atoms with van der Waals surface area (Å²) in [4.78, 5) is 11.8.